The number of furan rings is 1. The Morgan fingerprint density at radius 3 is 1.25 bits per heavy atom. The number of hydrogen-bond acceptors (Lipinski definition) is 3. The van der Waals surface area contributed by atoms with Crippen LogP contribution in [0.15, 0.2) is 192 Å². The van der Waals surface area contributed by atoms with Gasteiger partial charge in [0.1, 0.15) is 11.2 Å². The molecule has 0 bridgehead atoms. The highest BCUT2D eigenvalue weighted by Crippen LogP contribution is 2.46. The molecule has 13 aromatic rings. The summed E-state index contributed by atoms with van der Waals surface area (Å²) in [5.74, 6) is 0. The molecule has 0 fully saturated rings. The fourth-order valence-electron chi connectivity index (χ4n) is 9.64. The maximum absolute atomic E-state index is 6.31. The lowest BCUT2D eigenvalue weighted by Gasteiger charge is -2.26. The van der Waals surface area contributed by atoms with Gasteiger partial charge in [-0.1, -0.05) is 127 Å². The van der Waals surface area contributed by atoms with E-state index in [1.807, 2.05) is 17.4 Å². The van der Waals surface area contributed by atoms with Gasteiger partial charge in [-0.25, -0.2) is 0 Å². The quantitative estimate of drug-likeness (QED) is 0.168. The van der Waals surface area contributed by atoms with Crippen LogP contribution in [0.1, 0.15) is 0 Å². The van der Waals surface area contributed by atoms with Crippen molar-refractivity contribution in [3.05, 3.63) is 188 Å². The average molecular weight is 742 g/mol. The number of rotatable bonds is 3. The Kier molecular flexibility index (Phi) is 6.35. The molecule has 3 heteroatoms. The van der Waals surface area contributed by atoms with Gasteiger partial charge in [-0.05, 0) is 125 Å². The third-order valence-electron chi connectivity index (χ3n) is 12.2. The molecule has 0 spiro atoms. The van der Waals surface area contributed by atoms with Gasteiger partial charge >= 0.3 is 0 Å². The first-order chi connectivity index (χ1) is 28.2. The smallest absolute Gasteiger partial charge is 0.135 e. The maximum atomic E-state index is 6.31. The molecule has 0 N–H and O–H groups in total. The molecular formula is C54H31NOS. The van der Waals surface area contributed by atoms with Crippen LogP contribution in [0.25, 0.3) is 107 Å². The lowest BCUT2D eigenvalue weighted by Crippen LogP contribution is -2.09. The molecule has 0 amide bonds. The molecule has 0 saturated heterocycles. The monoisotopic (exact) mass is 741 g/mol. The van der Waals surface area contributed by atoms with E-state index in [-0.39, 0.29) is 0 Å². The van der Waals surface area contributed by atoms with Gasteiger partial charge in [0.15, 0.2) is 0 Å². The average Bonchev–Trinajstić information content (AvgIpc) is 3.83. The Morgan fingerprint density at radius 2 is 0.649 bits per heavy atom. The van der Waals surface area contributed by atoms with Crippen LogP contribution in [0, 0.1) is 0 Å². The van der Waals surface area contributed by atoms with E-state index in [9.17, 15) is 0 Å². The second-order valence-corrected chi connectivity index (χ2v) is 16.3. The predicted molar refractivity (Wildman–Crippen MR) is 246 cm³/mol. The Morgan fingerprint density at radius 1 is 0.263 bits per heavy atom. The summed E-state index contributed by atoms with van der Waals surface area (Å²) < 4.78 is 8.88. The predicted octanol–water partition coefficient (Wildman–Crippen LogP) is 16.3. The van der Waals surface area contributed by atoms with Crippen LogP contribution in [-0.4, -0.2) is 0 Å². The van der Waals surface area contributed by atoms with E-state index >= 15 is 0 Å². The van der Waals surface area contributed by atoms with Crippen molar-refractivity contribution in [2.24, 2.45) is 0 Å². The van der Waals surface area contributed by atoms with Gasteiger partial charge in [-0.15, -0.1) is 11.3 Å². The van der Waals surface area contributed by atoms with Crippen molar-refractivity contribution in [2.75, 3.05) is 4.90 Å². The minimum absolute atomic E-state index is 0.892. The standard InChI is InChI=1S/C54H31NOS/c1-2-15-39-35(11-1)36-12-3-6-16-40(36)46-27-32(21-24-43(39)46)55(33-23-26-52-49(28-33)44-19-9-10-20-51(44)56-52)34-22-25-45-50-30-47-41-17-7-4-13-37(41)38-14-5-8-18-42(38)48(47)31-54(50)57-53(45)29-34/h1-31H. The number of nitrogens with zero attached hydrogens (tertiary/aromatic N) is 1. The van der Waals surface area contributed by atoms with Gasteiger partial charge < -0.3 is 9.32 Å². The van der Waals surface area contributed by atoms with Gasteiger partial charge in [-0.2, -0.15) is 0 Å². The molecule has 0 aliphatic heterocycles. The van der Waals surface area contributed by atoms with Gasteiger partial charge in [0.25, 0.3) is 0 Å². The largest absolute Gasteiger partial charge is 0.456 e. The zero-order valence-electron chi connectivity index (χ0n) is 30.7. The zero-order chi connectivity index (χ0) is 37.2. The van der Waals surface area contributed by atoms with Crippen molar-refractivity contribution in [1.29, 1.82) is 0 Å². The van der Waals surface area contributed by atoms with Crippen molar-refractivity contribution in [3.63, 3.8) is 0 Å². The zero-order valence-corrected chi connectivity index (χ0v) is 31.5. The normalized spacial score (nSPS) is 12.2. The summed E-state index contributed by atoms with van der Waals surface area (Å²) in [4.78, 5) is 2.42. The van der Waals surface area contributed by atoms with Gasteiger partial charge in [0.05, 0.1) is 0 Å². The summed E-state index contributed by atoms with van der Waals surface area (Å²) in [6, 6.07) is 69.1. The van der Waals surface area contributed by atoms with E-state index in [1.165, 1.54) is 84.8 Å². The molecule has 0 saturated carbocycles. The lowest BCUT2D eigenvalue weighted by molar-refractivity contribution is 0.669. The summed E-state index contributed by atoms with van der Waals surface area (Å²) in [6.07, 6.45) is 0. The number of fused-ring (bicyclic) bond motifs is 18. The highest BCUT2D eigenvalue weighted by Gasteiger charge is 2.20. The van der Waals surface area contributed by atoms with Crippen molar-refractivity contribution < 1.29 is 4.42 Å². The van der Waals surface area contributed by atoms with Crippen LogP contribution in [0.4, 0.5) is 17.1 Å². The molecule has 11 aromatic carbocycles. The first kappa shape index (κ1) is 31.1. The summed E-state index contributed by atoms with van der Waals surface area (Å²) in [5, 5.41) is 20.2. The Hall–Kier alpha value is -7.20. The molecule has 0 atom stereocenters. The first-order valence-corrected chi connectivity index (χ1v) is 20.3. The highest BCUT2D eigenvalue weighted by molar-refractivity contribution is 7.26. The molecule has 2 heterocycles. The topological polar surface area (TPSA) is 16.4 Å². The van der Waals surface area contributed by atoms with Crippen LogP contribution in [0.5, 0.6) is 0 Å². The fourth-order valence-corrected chi connectivity index (χ4v) is 10.8. The Labute approximate surface area is 331 Å². The third kappa shape index (κ3) is 4.46. The molecule has 0 unspecified atom stereocenters. The molecule has 57 heavy (non-hydrogen) atoms. The number of benzene rings is 11. The van der Waals surface area contributed by atoms with E-state index in [1.54, 1.807) is 0 Å². The fraction of sp³-hybridized carbons (Fsp3) is 0. The van der Waals surface area contributed by atoms with Gasteiger partial charge in [0, 0.05) is 48.0 Å². The molecule has 0 radical (unpaired) electrons. The molecule has 2 nitrogen and oxygen atoms in total. The molecule has 264 valence electrons. The second-order valence-electron chi connectivity index (χ2n) is 15.2. The Bertz CT molecular complexity index is 3800. The summed E-state index contributed by atoms with van der Waals surface area (Å²) >= 11 is 1.88. The van der Waals surface area contributed by atoms with Crippen LogP contribution in [0.3, 0.4) is 0 Å². The summed E-state index contributed by atoms with van der Waals surface area (Å²) in [7, 11) is 0. The molecule has 2 aromatic heterocycles. The van der Waals surface area contributed by atoms with Crippen LogP contribution in [0.2, 0.25) is 0 Å². The van der Waals surface area contributed by atoms with E-state index in [0.29, 0.717) is 0 Å². The van der Waals surface area contributed by atoms with E-state index in [4.69, 9.17) is 4.42 Å². The van der Waals surface area contributed by atoms with Crippen LogP contribution >= 0.6 is 11.3 Å². The van der Waals surface area contributed by atoms with Gasteiger partial charge in [0.2, 0.25) is 0 Å². The van der Waals surface area contributed by atoms with E-state index in [2.05, 4.69) is 187 Å². The van der Waals surface area contributed by atoms with Crippen molar-refractivity contribution in [3.8, 4) is 0 Å². The third-order valence-corrected chi connectivity index (χ3v) is 13.3. The van der Waals surface area contributed by atoms with Crippen LogP contribution in [-0.2, 0) is 0 Å². The number of thiophene rings is 1. The second kappa shape index (κ2) is 11.7. The highest BCUT2D eigenvalue weighted by atomic mass is 32.1. The minimum atomic E-state index is 0.892. The Balaban J connectivity index is 1.07. The summed E-state index contributed by atoms with van der Waals surface area (Å²) in [5.41, 5.74) is 5.11. The van der Waals surface area contributed by atoms with Crippen molar-refractivity contribution in [1.82, 2.24) is 0 Å². The number of para-hydroxylation sites is 1. The number of hydrogen-bond donors (Lipinski definition) is 0. The molecular weight excluding hydrogens is 711 g/mol. The van der Waals surface area contributed by atoms with Gasteiger partial charge in [-0.3, -0.25) is 0 Å². The maximum Gasteiger partial charge on any atom is 0.135 e. The molecule has 0 aliphatic carbocycles. The molecule has 0 aliphatic rings. The number of anilines is 3. The van der Waals surface area contributed by atoms with Crippen molar-refractivity contribution in [2.45, 2.75) is 0 Å². The lowest BCUT2D eigenvalue weighted by atomic mass is 9.93. The molecule has 13 rings (SSSR count). The first-order valence-electron chi connectivity index (χ1n) is 19.5. The SMILES string of the molecule is c1ccc2c(c1)oc1ccc(N(c3ccc4c(c3)sc3cc5c6ccccc6c6ccccc6c5cc34)c3ccc4c5ccccc5c5ccccc5c4c3)cc12. The summed E-state index contributed by atoms with van der Waals surface area (Å²) in [6.45, 7) is 0. The van der Waals surface area contributed by atoms with Crippen LogP contribution < -0.4 is 4.90 Å². The van der Waals surface area contributed by atoms with E-state index in [0.717, 1.165) is 39.0 Å². The van der Waals surface area contributed by atoms with E-state index < -0.39 is 0 Å². The van der Waals surface area contributed by atoms with Crippen molar-refractivity contribution >= 4 is 135 Å². The minimum Gasteiger partial charge on any atom is -0.456 e.